The first-order chi connectivity index (χ1) is 13.9. The molecule has 6 heteroatoms. The number of ether oxygens (including phenoxy) is 3. The van der Waals surface area contributed by atoms with Crippen LogP contribution in [0.3, 0.4) is 0 Å². The van der Waals surface area contributed by atoms with Crippen LogP contribution in [-0.4, -0.2) is 30.0 Å². The summed E-state index contributed by atoms with van der Waals surface area (Å²) in [5.41, 5.74) is 5.47. The van der Waals surface area contributed by atoms with Crippen molar-refractivity contribution >= 4 is 5.97 Å². The minimum Gasteiger partial charge on any atom is -0.493 e. The van der Waals surface area contributed by atoms with Crippen molar-refractivity contribution in [2.75, 3.05) is 14.2 Å². The summed E-state index contributed by atoms with van der Waals surface area (Å²) < 4.78 is 18.0. The van der Waals surface area contributed by atoms with E-state index in [9.17, 15) is 4.79 Å². The maximum Gasteiger partial charge on any atom is 0.310 e. The van der Waals surface area contributed by atoms with Crippen LogP contribution in [0.15, 0.2) is 42.5 Å². The Morgan fingerprint density at radius 2 is 1.66 bits per heavy atom. The second-order valence-electron chi connectivity index (χ2n) is 6.87. The predicted octanol–water partition coefficient (Wildman–Crippen LogP) is 4.10. The Hall–Kier alpha value is -3.28. The zero-order valence-corrected chi connectivity index (χ0v) is 17.5. The predicted molar refractivity (Wildman–Crippen MR) is 111 cm³/mol. The second kappa shape index (κ2) is 8.82. The topological polar surface area (TPSA) is 62.6 Å². The summed E-state index contributed by atoms with van der Waals surface area (Å²) in [5.74, 6) is 0.970. The highest BCUT2D eigenvalue weighted by molar-refractivity contribution is 5.73. The number of nitrogens with zero attached hydrogens (tertiary/aromatic N) is 2. The van der Waals surface area contributed by atoms with Gasteiger partial charge in [0.25, 0.3) is 0 Å². The molecule has 0 amide bonds. The number of esters is 1. The summed E-state index contributed by atoms with van der Waals surface area (Å²) >= 11 is 0. The van der Waals surface area contributed by atoms with Crippen molar-refractivity contribution < 1.29 is 19.0 Å². The fraction of sp³-hybridized carbons (Fsp3) is 0.304. The lowest BCUT2D eigenvalue weighted by Crippen LogP contribution is -2.10. The standard InChI is InChI=1S/C23H26N2O4/c1-15-11-21(27-4)22(28-5)12-18(15)14-29-23(26)13-20-16(2)24-25(17(20)3)19-9-7-6-8-10-19/h6-12H,13-14H2,1-5H3. The minimum atomic E-state index is -0.294. The van der Waals surface area contributed by atoms with Crippen molar-refractivity contribution in [2.24, 2.45) is 0 Å². The summed E-state index contributed by atoms with van der Waals surface area (Å²) in [5, 5.41) is 4.59. The summed E-state index contributed by atoms with van der Waals surface area (Å²) in [6.45, 7) is 6.00. The van der Waals surface area contributed by atoms with Crippen molar-refractivity contribution in [3.05, 3.63) is 70.5 Å². The molecule has 1 aromatic heterocycles. The Kier molecular flexibility index (Phi) is 6.22. The van der Waals surface area contributed by atoms with Gasteiger partial charge in [-0.25, -0.2) is 4.68 Å². The van der Waals surface area contributed by atoms with Gasteiger partial charge in [-0.15, -0.1) is 0 Å². The number of para-hydroxylation sites is 1. The SMILES string of the molecule is COc1cc(C)c(COC(=O)Cc2c(C)nn(-c3ccccc3)c2C)cc1OC. The number of aryl methyl sites for hydroxylation is 2. The van der Waals surface area contributed by atoms with Gasteiger partial charge in [0.2, 0.25) is 0 Å². The lowest BCUT2D eigenvalue weighted by molar-refractivity contribution is -0.144. The number of methoxy groups -OCH3 is 2. The Morgan fingerprint density at radius 3 is 2.31 bits per heavy atom. The Bertz CT molecular complexity index is 1010. The average molecular weight is 394 g/mol. The van der Waals surface area contributed by atoms with Gasteiger partial charge in [-0.05, 0) is 56.2 Å². The smallest absolute Gasteiger partial charge is 0.310 e. The first kappa shape index (κ1) is 20.5. The van der Waals surface area contributed by atoms with Gasteiger partial charge in [0.15, 0.2) is 11.5 Å². The van der Waals surface area contributed by atoms with Crippen molar-refractivity contribution in [3.63, 3.8) is 0 Å². The normalized spacial score (nSPS) is 10.7. The zero-order valence-electron chi connectivity index (χ0n) is 17.5. The van der Waals surface area contributed by atoms with Gasteiger partial charge >= 0.3 is 5.97 Å². The number of aromatic nitrogens is 2. The lowest BCUT2D eigenvalue weighted by Gasteiger charge is -2.13. The van der Waals surface area contributed by atoms with Crippen molar-refractivity contribution in [2.45, 2.75) is 33.8 Å². The van der Waals surface area contributed by atoms with Crippen LogP contribution in [0.1, 0.15) is 28.1 Å². The first-order valence-corrected chi connectivity index (χ1v) is 9.42. The van der Waals surface area contributed by atoms with Crippen molar-refractivity contribution in [1.29, 1.82) is 0 Å². The monoisotopic (exact) mass is 394 g/mol. The van der Waals surface area contributed by atoms with E-state index >= 15 is 0 Å². The molecule has 0 spiro atoms. The van der Waals surface area contributed by atoms with Gasteiger partial charge in [0.1, 0.15) is 6.61 Å². The maximum absolute atomic E-state index is 12.5. The van der Waals surface area contributed by atoms with E-state index in [1.54, 1.807) is 14.2 Å². The molecule has 3 rings (SSSR count). The van der Waals surface area contributed by atoms with E-state index in [4.69, 9.17) is 14.2 Å². The van der Waals surface area contributed by atoms with E-state index < -0.39 is 0 Å². The Labute approximate surface area is 171 Å². The third-order valence-electron chi connectivity index (χ3n) is 4.99. The number of hydrogen-bond donors (Lipinski definition) is 0. The van der Waals surface area contributed by atoms with Crippen LogP contribution in [0.2, 0.25) is 0 Å². The largest absolute Gasteiger partial charge is 0.493 e. The van der Waals surface area contributed by atoms with Gasteiger partial charge in [-0.1, -0.05) is 18.2 Å². The van der Waals surface area contributed by atoms with Crippen LogP contribution in [0.5, 0.6) is 11.5 Å². The van der Waals surface area contributed by atoms with Gasteiger partial charge in [0.05, 0.1) is 32.0 Å². The molecule has 6 nitrogen and oxygen atoms in total. The molecule has 0 N–H and O–H groups in total. The number of rotatable bonds is 7. The molecule has 29 heavy (non-hydrogen) atoms. The van der Waals surface area contributed by atoms with Gasteiger partial charge in [-0.3, -0.25) is 4.79 Å². The van der Waals surface area contributed by atoms with Crippen LogP contribution < -0.4 is 9.47 Å². The highest BCUT2D eigenvalue weighted by Crippen LogP contribution is 2.30. The fourth-order valence-corrected chi connectivity index (χ4v) is 3.28. The van der Waals surface area contributed by atoms with Crippen LogP contribution in [0.25, 0.3) is 5.69 Å². The molecule has 152 valence electrons. The Morgan fingerprint density at radius 1 is 1.00 bits per heavy atom. The van der Waals surface area contributed by atoms with Crippen LogP contribution in [0, 0.1) is 20.8 Å². The molecule has 0 aliphatic rings. The quantitative estimate of drug-likeness (QED) is 0.565. The third-order valence-corrected chi connectivity index (χ3v) is 4.99. The number of carbonyl (C=O) groups excluding carboxylic acids is 1. The molecule has 0 radical (unpaired) electrons. The van der Waals surface area contributed by atoms with Gasteiger partial charge < -0.3 is 14.2 Å². The molecule has 2 aromatic carbocycles. The van der Waals surface area contributed by atoms with Gasteiger partial charge in [-0.2, -0.15) is 5.10 Å². The third kappa shape index (κ3) is 4.42. The summed E-state index contributed by atoms with van der Waals surface area (Å²) in [7, 11) is 3.18. The number of carbonyl (C=O) groups is 1. The molecule has 1 heterocycles. The van der Waals surface area contributed by atoms with E-state index in [0.717, 1.165) is 33.8 Å². The van der Waals surface area contributed by atoms with Crippen molar-refractivity contribution in [3.8, 4) is 17.2 Å². The van der Waals surface area contributed by atoms with Gasteiger partial charge in [0, 0.05) is 11.3 Å². The highest BCUT2D eigenvalue weighted by Gasteiger charge is 2.17. The van der Waals surface area contributed by atoms with E-state index in [-0.39, 0.29) is 19.0 Å². The molecular weight excluding hydrogens is 368 g/mol. The van der Waals surface area contributed by atoms with Crippen LogP contribution >= 0.6 is 0 Å². The summed E-state index contributed by atoms with van der Waals surface area (Å²) in [6, 6.07) is 13.6. The zero-order chi connectivity index (χ0) is 21.0. The average Bonchev–Trinajstić information content (AvgIpc) is 3.01. The minimum absolute atomic E-state index is 0.177. The number of benzene rings is 2. The van der Waals surface area contributed by atoms with E-state index in [1.807, 2.05) is 67.9 Å². The maximum atomic E-state index is 12.5. The Balaban J connectivity index is 1.72. The molecule has 0 bridgehead atoms. The lowest BCUT2D eigenvalue weighted by atomic mass is 10.1. The second-order valence-corrected chi connectivity index (χ2v) is 6.87. The molecule has 0 aliphatic heterocycles. The molecular formula is C23H26N2O4. The number of hydrogen-bond acceptors (Lipinski definition) is 5. The van der Waals surface area contributed by atoms with Crippen molar-refractivity contribution in [1.82, 2.24) is 9.78 Å². The van der Waals surface area contributed by atoms with Crippen LogP contribution in [-0.2, 0) is 22.6 Å². The highest BCUT2D eigenvalue weighted by atomic mass is 16.5. The fourth-order valence-electron chi connectivity index (χ4n) is 3.28. The van der Waals surface area contributed by atoms with E-state index in [1.165, 1.54) is 0 Å². The first-order valence-electron chi connectivity index (χ1n) is 9.42. The summed E-state index contributed by atoms with van der Waals surface area (Å²) in [6.07, 6.45) is 0.177. The molecule has 0 fully saturated rings. The molecule has 0 aliphatic carbocycles. The molecule has 0 saturated heterocycles. The van der Waals surface area contributed by atoms with Crippen LogP contribution in [0.4, 0.5) is 0 Å². The molecule has 3 aromatic rings. The molecule has 0 atom stereocenters. The summed E-state index contributed by atoms with van der Waals surface area (Å²) in [4.78, 5) is 12.5. The molecule has 0 unspecified atom stereocenters. The van der Waals surface area contributed by atoms with E-state index in [0.29, 0.717) is 11.5 Å². The molecule has 0 saturated carbocycles. The van der Waals surface area contributed by atoms with E-state index in [2.05, 4.69) is 5.10 Å².